The molecule has 3 heteroatoms. The molecule has 0 saturated carbocycles. The maximum Gasteiger partial charge on any atom is 0.129 e. The van der Waals surface area contributed by atoms with Gasteiger partial charge in [-0.15, -0.1) is 5.54 Å². The van der Waals surface area contributed by atoms with Crippen molar-refractivity contribution in [3.05, 3.63) is 36.2 Å². The molecular weight excluding hydrogens is 212 g/mol. The minimum Gasteiger partial charge on any atom is -0.253 e. The quantitative estimate of drug-likeness (QED) is 0.510. The SMILES string of the molecule is C[Si](C)(C)C#Cc1cccc2nccnc12. The molecule has 2 nitrogen and oxygen atoms in total. The first-order valence-corrected chi connectivity index (χ1v) is 8.79. The second kappa shape index (κ2) is 4.07. The summed E-state index contributed by atoms with van der Waals surface area (Å²) >= 11 is 0. The summed E-state index contributed by atoms with van der Waals surface area (Å²) in [5, 5.41) is 0. The van der Waals surface area contributed by atoms with E-state index in [2.05, 4.69) is 41.1 Å². The van der Waals surface area contributed by atoms with Crippen molar-refractivity contribution in [2.24, 2.45) is 0 Å². The summed E-state index contributed by atoms with van der Waals surface area (Å²) in [6.45, 7) is 6.70. The molecule has 2 aromatic rings. The Bertz CT molecular complexity index is 568. The lowest BCUT2D eigenvalue weighted by Crippen LogP contribution is -2.16. The molecular formula is C13H14N2Si. The maximum absolute atomic E-state index is 4.33. The third-order valence-electron chi connectivity index (χ3n) is 2.07. The van der Waals surface area contributed by atoms with Crippen molar-refractivity contribution >= 4 is 19.1 Å². The predicted octanol–water partition coefficient (Wildman–Crippen LogP) is 2.86. The summed E-state index contributed by atoms with van der Waals surface area (Å²) in [7, 11) is -1.34. The Hall–Kier alpha value is -1.66. The van der Waals surface area contributed by atoms with Gasteiger partial charge in [0.2, 0.25) is 0 Å². The van der Waals surface area contributed by atoms with Crippen LogP contribution in [0.4, 0.5) is 0 Å². The predicted molar refractivity (Wildman–Crippen MR) is 69.8 cm³/mol. The summed E-state index contributed by atoms with van der Waals surface area (Å²) in [6.07, 6.45) is 3.42. The monoisotopic (exact) mass is 226 g/mol. The Morgan fingerprint density at radius 2 is 1.81 bits per heavy atom. The average molecular weight is 226 g/mol. The van der Waals surface area contributed by atoms with Gasteiger partial charge in [0.15, 0.2) is 0 Å². The van der Waals surface area contributed by atoms with E-state index in [0.717, 1.165) is 16.6 Å². The van der Waals surface area contributed by atoms with Gasteiger partial charge >= 0.3 is 0 Å². The first kappa shape index (κ1) is 10.8. The molecule has 0 atom stereocenters. The number of rotatable bonds is 0. The van der Waals surface area contributed by atoms with Crippen LogP contribution in [0.2, 0.25) is 19.6 Å². The van der Waals surface area contributed by atoms with Crippen molar-refractivity contribution in [3.8, 4) is 11.5 Å². The molecule has 0 spiro atoms. The topological polar surface area (TPSA) is 25.8 Å². The molecule has 0 unspecified atom stereocenters. The van der Waals surface area contributed by atoms with Gasteiger partial charge in [-0.3, -0.25) is 9.97 Å². The molecule has 16 heavy (non-hydrogen) atoms. The first-order chi connectivity index (χ1) is 7.56. The molecule has 0 bridgehead atoms. The molecule has 0 aliphatic heterocycles. The van der Waals surface area contributed by atoms with E-state index in [0.29, 0.717) is 0 Å². The highest BCUT2D eigenvalue weighted by atomic mass is 28.3. The number of hydrogen-bond acceptors (Lipinski definition) is 2. The van der Waals surface area contributed by atoms with Crippen LogP contribution in [0.1, 0.15) is 5.56 Å². The lowest BCUT2D eigenvalue weighted by molar-refractivity contribution is 1.29. The van der Waals surface area contributed by atoms with Crippen LogP contribution in [-0.4, -0.2) is 18.0 Å². The van der Waals surface area contributed by atoms with Gasteiger partial charge < -0.3 is 0 Å². The van der Waals surface area contributed by atoms with E-state index in [-0.39, 0.29) is 0 Å². The zero-order chi connectivity index (χ0) is 11.6. The van der Waals surface area contributed by atoms with Gasteiger partial charge in [-0.05, 0) is 12.1 Å². The van der Waals surface area contributed by atoms with Crippen LogP contribution in [0.25, 0.3) is 11.0 Å². The number of fused-ring (bicyclic) bond motifs is 1. The molecule has 1 heterocycles. The second-order valence-corrected chi connectivity index (χ2v) is 9.48. The van der Waals surface area contributed by atoms with Crippen LogP contribution < -0.4 is 0 Å². The van der Waals surface area contributed by atoms with Crippen LogP contribution in [-0.2, 0) is 0 Å². The van der Waals surface area contributed by atoms with Crippen molar-refractivity contribution in [1.82, 2.24) is 9.97 Å². The van der Waals surface area contributed by atoms with Gasteiger partial charge in [0.1, 0.15) is 13.6 Å². The molecule has 0 amide bonds. The summed E-state index contributed by atoms with van der Waals surface area (Å²) in [6, 6.07) is 5.94. The number of nitrogens with zero attached hydrogens (tertiary/aromatic N) is 2. The standard InChI is InChI=1S/C13H14N2Si/c1-16(2,3)10-7-11-5-4-6-12-13(11)15-9-8-14-12/h4-6,8-9H,1-3H3. The highest BCUT2D eigenvalue weighted by Crippen LogP contribution is 2.12. The fourth-order valence-electron chi connectivity index (χ4n) is 1.35. The van der Waals surface area contributed by atoms with Crippen LogP contribution in [0, 0.1) is 11.5 Å². The zero-order valence-corrected chi connectivity index (χ0v) is 10.8. The average Bonchev–Trinajstić information content (AvgIpc) is 2.25. The largest absolute Gasteiger partial charge is 0.253 e. The summed E-state index contributed by atoms with van der Waals surface area (Å²) in [5.41, 5.74) is 6.14. The number of benzene rings is 1. The number of para-hydroxylation sites is 1. The minimum atomic E-state index is -1.34. The van der Waals surface area contributed by atoms with E-state index in [1.54, 1.807) is 12.4 Å². The van der Waals surface area contributed by atoms with Gasteiger partial charge in [-0.2, -0.15) is 0 Å². The van der Waals surface area contributed by atoms with E-state index in [1.165, 1.54) is 0 Å². The highest BCUT2D eigenvalue weighted by molar-refractivity contribution is 6.83. The molecule has 0 N–H and O–H groups in total. The smallest absolute Gasteiger partial charge is 0.129 e. The number of hydrogen-bond donors (Lipinski definition) is 0. The van der Waals surface area contributed by atoms with Crippen molar-refractivity contribution in [2.75, 3.05) is 0 Å². The van der Waals surface area contributed by atoms with E-state index in [4.69, 9.17) is 0 Å². The second-order valence-electron chi connectivity index (χ2n) is 4.73. The van der Waals surface area contributed by atoms with E-state index in [9.17, 15) is 0 Å². The number of aromatic nitrogens is 2. The summed E-state index contributed by atoms with van der Waals surface area (Å²) in [4.78, 5) is 8.60. The van der Waals surface area contributed by atoms with Crippen molar-refractivity contribution in [2.45, 2.75) is 19.6 Å². The van der Waals surface area contributed by atoms with E-state index >= 15 is 0 Å². The van der Waals surface area contributed by atoms with Gasteiger partial charge in [0, 0.05) is 12.4 Å². The molecule has 0 fully saturated rings. The zero-order valence-electron chi connectivity index (χ0n) is 9.78. The van der Waals surface area contributed by atoms with Crippen LogP contribution >= 0.6 is 0 Å². The molecule has 0 aliphatic rings. The Morgan fingerprint density at radius 3 is 2.56 bits per heavy atom. The molecule has 1 aromatic carbocycles. The molecule has 1 aromatic heterocycles. The molecule has 80 valence electrons. The van der Waals surface area contributed by atoms with E-state index < -0.39 is 8.07 Å². The first-order valence-electron chi connectivity index (χ1n) is 5.29. The van der Waals surface area contributed by atoms with Gasteiger partial charge in [0.05, 0.1) is 11.1 Å². The minimum absolute atomic E-state index is 0.899. The van der Waals surface area contributed by atoms with Crippen molar-refractivity contribution < 1.29 is 0 Å². The Morgan fingerprint density at radius 1 is 1.06 bits per heavy atom. The van der Waals surface area contributed by atoms with Crippen molar-refractivity contribution in [3.63, 3.8) is 0 Å². The lowest BCUT2D eigenvalue weighted by atomic mass is 10.2. The van der Waals surface area contributed by atoms with Crippen LogP contribution in [0.5, 0.6) is 0 Å². The Labute approximate surface area is 96.8 Å². The summed E-state index contributed by atoms with van der Waals surface area (Å²) < 4.78 is 0. The Kier molecular flexibility index (Phi) is 2.76. The Balaban J connectivity index is 2.56. The van der Waals surface area contributed by atoms with Gasteiger partial charge in [-0.25, -0.2) is 0 Å². The molecule has 0 radical (unpaired) electrons. The molecule has 0 saturated heterocycles. The van der Waals surface area contributed by atoms with Gasteiger partial charge in [0.25, 0.3) is 0 Å². The lowest BCUT2D eigenvalue weighted by Gasteiger charge is -2.04. The van der Waals surface area contributed by atoms with Crippen LogP contribution in [0.15, 0.2) is 30.6 Å². The highest BCUT2D eigenvalue weighted by Gasteiger charge is 2.08. The molecule has 0 aliphatic carbocycles. The normalized spacial score (nSPS) is 10.9. The third-order valence-corrected chi connectivity index (χ3v) is 2.95. The third kappa shape index (κ3) is 2.47. The summed E-state index contributed by atoms with van der Waals surface area (Å²) in [5.74, 6) is 3.24. The molecule has 2 rings (SSSR count). The van der Waals surface area contributed by atoms with E-state index in [1.807, 2.05) is 18.2 Å². The van der Waals surface area contributed by atoms with Crippen LogP contribution in [0.3, 0.4) is 0 Å². The fourth-order valence-corrected chi connectivity index (χ4v) is 1.86. The maximum atomic E-state index is 4.33. The van der Waals surface area contributed by atoms with Gasteiger partial charge in [-0.1, -0.05) is 31.6 Å². The van der Waals surface area contributed by atoms with Crippen molar-refractivity contribution in [1.29, 1.82) is 0 Å². The fraction of sp³-hybridized carbons (Fsp3) is 0.231.